The first kappa shape index (κ1) is 9.28. The largest absolute Gasteiger partial charge is 0.459 e. The number of hydrogen-bond donors (Lipinski definition) is 1. The Kier molecular flexibility index (Phi) is 2.00. The van der Waals surface area contributed by atoms with Gasteiger partial charge in [-0.1, -0.05) is 0 Å². The molecule has 0 aliphatic heterocycles. The van der Waals surface area contributed by atoms with Crippen LogP contribution in [-0.2, 0) is 4.79 Å². The Hall–Kier alpha value is -0.720. The maximum atomic E-state index is 11.4. The van der Waals surface area contributed by atoms with Crippen LogP contribution in [0.4, 0.5) is 22.0 Å². The van der Waals surface area contributed by atoms with E-state index < -0.39 is 18.1 Å². The third kappa shape index (κ3) is 1.41. The average molecular weight is 164 g/mol. The van der Waals surface area contributed by atoms with E-state index in [1.165, 1.54) is 0 Å². The number of carbonyl (C=O) groups is 1. The minimum atomic E-state index is -5.92. The Bertz CT molecular complexity index is 147. The molecule has 1 N–H and O–H groups in total. The van der Waals surface area contributed by atoms with Crippen molar-refractivity contribution in [3.05, 3.63) is 0 Å². The van der Waals surface area contributed by atoms with E-state index in [1.54, 1.807) is 0 Å². The summed E-state index contributed by atoms with van der Waals surface area (Å²) in [5.74, 6) is -5.37. The SMILES string of the molecule is O=C(F)C(O)(F)C(F)(F)F. The second-order valence-corrected chi connectivity index (χ2v) is 1.39. The Morgan fingerprint density at radius 2 is 1.50 bits per heavy atom. The third-order valence-electron chi connectivity index (χ3n) is 0.636. The van der Waals surface area contributed by atoms with Gasteiger partial charge in [-0.3, -0.25) is 4.79 Å². The molecule has 1 atom stereocenters. The highest BCUT2D eigenvalue weighted by molar-refractivity contribution is 5.77. The van der Waals surface area contributed by atoms with Crippen LogP contribution in [0.15, 0.2) is 0 Å². The van der Waals surface area contributed by atoms with E-state index in [0.29, 0.717) is 0 Å². The molecule has 0 aromatic heterocycles. The van der Waals surface area contributed by atoms with Crippen LogP contribution in [0.3, 0.4) is 0 Å². The molecule has 0 aliphatic carbocycles. The molecule has 10 heavy (non-hydrogen) atoms. The molecule has 0 fully saturated rings. The van der Waals surface area contributed by atoms with Crippen molar-refractivity contribution >= 4 is 6.04 Å². The van der Waals surface area contributed by atoms with Gasteiger partial charge >= 0.3 is 18.1 Å². The van der Waals surface area contributed by atoms with Gasteiger partial charge < -0.3 is 5.11 Å². The lowest BCUT2D eigenvalue weighted by molar-refractivity contribution is -0.302. The number of hydrogen-bond acceptors (Lipinski definition) is 2. The van der Waals surface area contributed by atoms with Gasteiger partial charge in [-0.05, 0) is 0 Å². The molecule has 0 rings (SSSR count). The maximum absolute atomic E-state index is 11.4. The molecule has 2 nitrogen and oxygen atoms in total. The predicted molar refractivity (Wildman–Crippen MR) is 18.2 cm³/mol. The maximum Gasteiger partial charge on any atom is 0.459 e. The Labute approximate surface area is 51.3 Å². The Morgan fingerprint density at radius 3 is 1.50 bits per heavy atom. The molecule has 7 heteroatoms. The fourth-order valence-electron chi connectivity index (χ4n) is 0.111. The van der Waals surface area contributed by atoms with Crippen molar-refractivity contribution < 1.29 is 31.9 Å². The lowest BCUT2D eigenvalue weighted by atomic mass is 10.3. The Morgan fingerprint density at radius 1 is 1.20 bits per heavy atom. The smallest absolute Gasteiger partial charge is 0.347 e. The van der Waals surface area contributed by atoms with E-state index in [2.05, 4.69) is 0 Å². The third-order valence-corrected chi connectivity index (χ3v) is 0.636. The first-order valence-corrected chi connectivity index (χ1v) is 1.87. The van der Waals surface area contributed by atoms with Crippen molar-refractivity contribution in [3.63, 3.8) is 0 Å². The van der Waals surface area contributed by atoms with Crippen molar-refractivity contribution in [2.75, 3.05) is 0 Å². The van der Waals surface area contributed by atoms with E-state index in [1.807, 2.05) is 0 Å². The van der Waals surface area contributed by atoms with Crippen molar-refractivity contribution in [3.8, 4) is 0 Å². The number of alkyl halides is 4. The van der Waals surface area contributed by atoms with Gasteiger partial charge in [-0.25, -0.2) is 0 Å². The summed E-state index contributed by atoms with van der Waals surface area (Å²) in [5.41, 5.74) is 0. The molecule has 0 heterocycles. The van der Waals surface area contributed by atoms with Crippen LogP contribution >= 0.6 is 0 Å². The topological polar surface area (TPSA) is 37.3 Å². The fourth-order valence-corrected chi connectivity index (χ4v) is 0.111. The zero-order valence-corrected chi connectivity index (χ0v) is 4.25. The second-order valence-electron chi connectivity index (χ2n) is 1.39. The summed E-state index contributed by atoms with van der Waals surface area (Å²) >= 11 is 0. The lowest BCUT2D eigenvalue weighted by Crippen LogP contribution is -2.46. The van der Waals surface area contributed by atoms with Crippen LogP contribution in [-0.4, -0.2) is 23.2 Å². The van der Waals surface area contributed by atoms with E-state index in [0.717, 1.165) is 0 Å². The second kappa shape index (κ2) is 2.15. The lowest BCUT2D eigenvalue weighted by Gasteiger charge is -2.15. The first-order valence-electron chi connectivity index (χ1n) is 1.87. The van der Waals surface area contributed by atoms with Gasteiger partial charge in [0.25, 0.3) is 0 Å². The molecule has 1 unspecified atom stereocenters. The summed E-state index contributed by atoms with van der Waals surface area (Å²) in [6.45, 7) is 0. The van der Waals surface area contributed by atoms with Gasteiger partial charge in [-0.2, -0.15) is 22.0 Å². The van der Waals surface area contributed by atoms with Crippen LogP contribution in [0.5, 0.6) is 0 Å². The van der Waals surface area contributed by atoms with E-state index >= 15 is 0 Å². The van der Waals surface area contributed by atoms with Gasteiger partial charge in [0.15, 0.2) is 0 Å². The summed E-state index contributed by atoms with van der Waals surface area (Å²) in [6, 6.07) is -3.47. The first-order chi connectivity index (χ1) is 4.19. The number of carbonyl (C=O) groups excluding carboxylic acids is 1. The van der Waals surface area contributed by atoms with E-state index in [-0.39, 0.29) is 0 Å². The van der Waals surface area contributed by atoms with Crippen LogP contribution in [0, 0.1) is 0 Å². The Balaban J connectivity index is 4.57. The number of halogens is 5. The molecular formula is C3HF5O2. The van der Waals surface area contributed by atoms with Crippen LogP contribution < -0.4 is 0 Å². The summed E-state index contributed by atoms with van der Waals surface area (Å²) in [7, 11) is 0. The van der Waals surface area contributed by atoms with Crippen LogP contribution in [0.25, 0.3) is 0 Å². The van der Waals surface area contributed by atoms with Crippen molar-refractivity contribution in [2.24, 2.45) is 0 Å². The average Bonchev–Trinajstić information content (AvgIpc) is 1.62. The van der Waals surface area contributed by atoms with Crippen LogP contribution in [0.2, 0.25) is 0 Å². The van der Waals surface area contributed by atoms with Gasteiger partial charge in [0, 0.05) is 0 Å². The molecule has 0 aromatic carbocycles. The zero-order valence-electron chi connectivity index (χ0n) is 4.25. The molecule has 60 valence electrons. The standard InChI is InChI=1S/C3HF5O2/c4-1(9)2(5,10)3(6,7)8/h10H. The molecule has 0 aromatic rings. The molecule has 0 saturated carbocycles. The van der Waals surface area contributed by atoms with Gasteiger partial charge in [0.05, 0.1) is 0 Å². The minimum absolute atomic E-state index is 3.47. The molecule has 0 saturated heterocycles. The van der Waals surface area contributed by atoms with E-state index in [9.17, 15) is 22.0 Å². The monoisotopic (exact) mass is 164 g/mol. The van der Waals surface area contributed by atoms with E-state index in [4.69, 9.17) is 9.90 Å². The zero-order chi connectivity index (χ0) is 8.58. The highest BCUT2D eigenvalue weighted by atomic mass is 19.4. The van der Waals surface area contributed by atoms with Gasteiger partial charge in [-0.15, -0.1) is 0 Å². The summed E-state index contributed by atoms with van der Waals surface area (Å²) in [4.78, 5) is 9.10. The van der Waals surface area contributed by atoms with Crippen molar-refractivity contribution in [1.29, 1.82) is 0 Å². The molecule has 0 amide bonds. The molecule has 0 bridgehead atoms. The normalized spacial score (nSPS) is 18.2. The highest BCUT2D eigenvalue weighted by Gasteiger charge is 2.61. The number of rotatable bonds is 1. The molecular weight excluding hydrogens is 163 g/mol. The van der Waals surface area contributed by atoms with Crippen molar-refractivity contribution in [1.82, 2.24) is 0 Å². The highest BCUT2D eigenvalue weighted by Crippen LogP contribution is 2.32. The van der Waals surface area contributed by atoms with Gasteiger partial charge in [0.1, 0.15) is 0 Å². The predicted octanol–water partition coefficient (Wildman–Crippen LogP) is 0.703. The summed E-state index contributed by atoms with van der Waals surface area (Å²) in [5, 5.41) is 7.41. The molecule has 0 aliphatic rings. The summed E-state index contributed by atoms with van der Waals surface area (Å²) < 4.78 is 55.4. The van der Waals surface area contributed by atoms with Crippen LogP contribution in [0.1, 0.15) is 0 Å². The quantitative estimate of drug-likeness (QED) is 0.457. The van der Waals surface area contributed by atoms with Crippen molar-refractivity contribution in [2.45, 2.75) is 12.0 Å². The fraction of sp³-hybridized carbons (Fsp3) is 0.667. The molecule has 0 spiro atoms. The van der Waals surface area contributed by atoms with Gasteiger partial charge in [0.2, 0.25) is 0 Å². The minimum Gasteiger partial charge on any atom is -0.347 e. The molecule has 0 radical (unpaired) electrons. The number of aliphatic hydroxyl groups is 1. The summed E-state index contributed by atoms with van der Waals surface area (Å²) in [6.07, 6.45) is -5.92.